The van der Waals surface area contributed by atoms with E-state index in [2.05, 4.69) is 5.32 Å². The second-order valence-electron chi connectivity index (χ2n) is 4.97. The first-order valence-electron chi connectivity index (χ1n) is 6.63. The minimum absolute atomic E-state index is 0. The van der Waals surface area contributed by atoms with Gasteiger partial charge in [0.1, 0.15) is 0 Å². The number of benzene rings is 1. The third kappa shape index (κ3) is 3.89. The summed E-state index contributed by atoms with van der Waals surface area (Å²) in [4.78, 5) is 13.6. The third-order valence-corrected chi connectivity index (χ3v) is 3.68. The average Bonchev–Trinajstić information content (AvgIpc) is 2.72. The van der Waals surface area contributed by atoms with Crippen molar-refractivity contribution in [3.8, 4) is 0 Å². The zero-order valence-electron chi connectivity index (χ0n) is 11.7. The molecule has 0 bridgehead atoms. The summed E-state index contributed by atoms with van der Waals surface area (Å²) in [6.45, 7) is 1.67. The van der Waals surface area contributed by atoms with Crippen LogP contribution in [0.3, 0.4) is 0 Å². The average molecular weight is 323 g/mol. The van der Waals surface area contributed by atoms with Crippen molar-refractivity contribution in [3.63, 3.8) is 0 Å². The minimum atomic E-state index is -1.60. The van der Waals surface area contributed by atoms with Crippen molar-refractivity contribution in [2.24, 2.45) is 0 Å². The van der Waals surface area contributed by atoms with E-state index in [-0.39, 0.29) is 18.4 Å². The summed E-state index contributed by atoms with van der Waals surface area (Å²) in [5.74, 6) is -4.94. The van der Waals surface area contributed by atoms with Crippen LogP contribution >= 0.6 is 12.4 Å². The molecule has 1 fully saturated rings. The van der Waals surface area contributed by atoms with Crippen LogP contribution in [0, 0.1) is 17.5 Å². The van der Waals surface area contributed by atoms with Gasteiger partial charge in [-0.1, -0.05) is 0 Å². The first-order chi connectivity index (χ1) is 9.52. The van der Waals surface area contributed by atoms with E-state index < -0.39 is 28.9 Å². The number of carbonyl (C=O) groups is 1. The summed E-state index contributed by atoms with van der Waals surface area (Å²) >= 11 is 0. The molecule has 1 atom stereocenters. The third-order valence-electron chi connectivity index (χ3n) is 3.68. The van der Waals surface area contributed by atoms with Crippen LogP contribution in [-0.4, -0.2) is 37.0 Å². The van der Waals surface area contributed by atoms with Crippen molar-refractivity contribution in [1.29, 1.82) is 0 Å². The molecular weight excluding hydrogens is 305 g/mol. The van der Waals surface area contributed by atoms with E-state index in [1.54, 1.807) is 7.05 Å². The van der Waals surface area contributed by atoms with E-state index in [0.29, 0.717) is 0 Å². The first kappa shape index (κ1) is 17.8. The lowest BCUT2D eigenvalue weighted by Crippen LogP contribution is -2.38. The highest BCUT2D eigenvalue weighted by molar-refractivity contribution is 5.94. The number of amides is 1. The van der Waals surface area contributed by atoms with Gasteiger partial charge in [-0.15, -0.1) is 12.4 Å². The summed E-state index contributed by atoms with van der Waals surface area (Å²) in [5, 5.41) is 3.22. The smallest absolute Gasteiger partial charge is 0.256 e. The van der Waals surface area contributed by atoms with Crippen LogP contribution in [0.25, 0.3) is 0 Å². The van der Waals surface area contributed by atoms with E-state index >= 15 is 0 Å². The van der Waals surface area contributed by atoms with Crippen molar-refractivity contribution in [2.75, 3.05) is 20.1 Å². The fourth-order valence-corrected chi connectivity index (χ4v) is 2.43. The second kappa shape index (κ2) is 7.66. The van der Waals surface area contributed by atoms with E-state index in [1.165, 1.54) is 4.90 Å². The Morgan fingerprint density at radius 2 is 1.90 bits per heavy atom. The number of hydrogen-bond donors (Lipinski definition) is 1. The zero-order chi connectivity index (χ0) is 14.7. The Balaban J connectivity index is 0.00000220. The quantitative estimate of drug-likeness (QED) is 0.849. The van der Waals surface area contributed by atoms with E-state index in [0.717, 1.165) is 44.5 Å². The molecule has 7 heteroatoms. The Hall–Kier alpha value is -1.27. The Kier molecular flexibility index (Phi) is 6.48. The molecule has 1 aromatic carbocycles. The molecule has 1 aromatic rings. The van der Waals surface area contributed by atoms with Gasteiger partial charge in [-0.2, -0.15) is 0 Å². The predicted octanol–water partition coefficient (Wildman–Crippen LogP) is 2.74. The van der Waals surface area contributed by atoms with Crippen LogP contribution in [0.2, 0.25) is 0 Å². The van der Waals surface area contributed by atoms with E-state index in [9.17, 15) is 18.0 Å². The Bertz CT molecular complexity index is 505. The van der Waals surface area contributed by atoms with Crippen molar-refractivity contribution in [1.82, 2.24) is 10.2 Å². The van der Waals surface area contributed by atoms with Gasteiger partial charge < -0.3 is 10.2 Å². The maximum absolute atomic E-state index is 13.6. The lowest BCUT2D eigenvalue weighted by Gasteiger charge is -2.27. The van der Waals surface area contributed by atoms with Gasteiger partial charge in [-0.3, -0.25) is 4.79 Å². The molecule has 1 unspecified atom stereocenters. The molecule has 1 N–H and O–H groups in total. The van der Waals surface area contributed by atoms with Crippen molar-refractivity contribution >= 4 is 18.3 Å². The van der Waals surface area contributed by atoms with Gasteiger partial charge in [0.2, 0.25) is 0 Å². The van der Waals surface area contributed by atoms with Gasteiger partial charge in [-0.25, -0.2) is 13.2 Å². The van der Waals surface area contributed by atoms with Crippen LogP contribution in [0.15, 0.2) is 12.1 Å². The van der Waals surface area contributed by atoms with Gasteiger partial charge in [-0.05, 0) is 44.5 Å². The molecule has 0 saturated carbocycles. The standard InChI is InChI=1S/C14H17F3N2O.ClH/c1-19(9-3-2-7-18-8-6-9)14(20)10-4-5-11(15)13(17)12(10)16;/h4-5,9,18H,2-3,6-8H2,1H3;1H. The van der Waals surface area contributed by atoms with E-state index in [4.69, 9.17) is 0 Å². The fourth-order valence-electron chi connectivity index (χ4n) is 2.43. The van der Waals surface area contributed by atoms with Gasteiger partial charge >= 0.3 is 0 Å². The molecule has 0 aliphatic carbocycles. The second-order valence-corrected chi connectivity index (χ2v) is 4.97. The van der Waals surface area contributed by atoms with Crippen molar-refractivity contribution in [3.05, 3.63) is 35.1 Å². The Morgan fingerprint density at radius 1 is 1.19 bits per heavy atom. The number of rotatable bonds is 2. The lowest BCUT2D eigenvalue weighted by molar-refractivity contribution is 0.0714. The van der Waals surface area contributed by atoms with Crippen molar-refractivity contribution in [2.45, 2.75) is 25.3 Å². The van der Waals surface area contributed by atoms with Crippen LogP contribution in [0.4, 0.5) is 13.2 Å². The summed E-state index contributed by atoms with van der Waals surface area (Å²) in [7, 11) is 1.57. The topological polar surface area (TPSA) is 32.3 Å². The Labute approximate surface area is 127 Å². The zero-order valence-corrected chi connectivity index (χ0v) is 12.5. The minimum Gasteiger partial charge on any atom is -0.339 e. The van der Waals surface area contributed by atoms with Crippen LogP contribution in [0.5, 0.6) is 0 Å². The molecule has 0 radical (unpaired) electrons. The van der Waals surface area contributed by atoms with Gasteiger partial charge in [0.15, 0.2) is 17.5 Å². The molecule has 1 amide bonds. The molecule has 1 heterocycles. The Morgan fingerprint density at radius 3 is 2.62 bits per heavy atom. The first-order valence-corrected chi connectivity index (χ1v) is 6.63. The summed E-state index contributed by atoms with van der Waals surface area (Å²) in [6.07, 6.45) is 2.48. The highest BCUT2D eigenvalue weighted by atomic mass is 35.5. The van der Waals surface area contributed by atoms with Gasteiger partial charge in [0.25, 0.3) is 5.91 Å². The van der Waals surface area contributed by atoms with Crippen LogP contribution in [0.1, 0.15) is 29.6 Å². The lowest BCUT2D eigenvalue weighted by atomic mass is 10.1. The number of nitrogens with one attached hydrogen (secondary N) is 1. The molecule has 0 spiro atoms. The predicted molar refractivity (Wildman–Crippen MR) is 76.2 cm³/mol. The molecule has 21 heavy (non-hydrogen) atoms. The molecule has 118 valence electrons. The maximum atomic E-state index is 13.6. The highest BCUT2D eigenvalue weighted by Crippen LogP contribution is 2.19. The monoisotopic (exact) mass is 322 g/mol. The molecule has 3 nitrogen and oxygen atoms in total. The molecule has 1 saturated heterocycles. The van der Waals surface area contributed by atoms with Crippen molar-refractivity contribution < 1.29 is 18.0 Å². The number of carbonyl (C=O) groups excluding carboxylic acids is 1. The fraction of sp³-hybridized carbons (Fsp3) is 0.500. The maximum Gasteiger partial charge on any atom is 0.256 e. The van der Waals surface area contributed by atoms with Crippen LogP contribution in [-0.2, 0) is 0 Å². The molecule has 0 aromatic heterocycles. The number of halogens is 4. The molecule has 1 aliphatic rings. The molecular formula is C14H18ClF3N2O. The molecule has 2 rings (SSSR count). The number of nitrogens with zero attached hydrogens (tertiary/aromatic N) is 1. The highest BCUT2D eigenvalue weighted by Gasteiger charge is 2.26. The summed E-state index contributed by atoms with van der Waals surface area (Å²) in [6, 6.07) is 1.74. The number of hydrogen-bond acceptors (Lipinski definition) is 2. The largest absolute Gasteiger partial charge is 0.339 e. The SMILES string of the molecule is CN(C(=O)c1ccc(F)c(F)c1F)C1CCCNCC1.Cl. The van der Waals surface area contributed by atoms with Gasteiger partial charge in [0.05, 0.1) is 5.56 Å². The molecule has 1 aliphatic heterocycles. The summed E-state index contributed by atoms with van der Waals surface area (Å²) in [5.41, 5.74) is -0.427. The van der Waals surface area contributed by atoms with E-state index in [1.807, 2.05) is 0 Å². The van der Waals surface area contributed by atoms with Crippen LogP contribution < -0.4 is 5.32 Å². The summed E-state index contributed by atoms with van der Waals surface area (Å²) < 4.78 is 39.7. The normalized spacial score (nSPS) is 18.6. The van der Waals surface area contributed by atoms with Gasteiger partial charge in [0, 0.05) is 13.1 Å².